The summed E-state index contributed by atoms with van der Waals surface area (Å²) < 4.78 is 29.8. The Bertz CT molecular complexity index is 697. The van der Waals surface area contributed by atoms with Gasteiger partial charge in [-0.2, -0.15) is 0 Å². The molecule has 0 aromatic carbocycles. The maximum atomic E-state index is 13.2. The summed E-state index contributed by atoms with van der Waals surface area (Å²) in [7, 11) is -3.41. The molecule has 0 spiro atoms. The van der Waals surface area contributed by atoms with Gasteiger partial charge in [0.05, 0.1) is 24.5 Å². The molecule has 2 rings (SSSR count). The van der Waals surface area contributed by atoms with Gasteiger partial charge in [0, 0.05) is 4.88 Å². The predicted molar refractivity (Wildman–Crippen MR) is 98.2 cm³/mol. The van der Waals surface area contributed by atoms with E-state index >= 15 is 0 Å². The molecule has 24 heavy (non-hydrogen) atoms. The van der Waals surface area contributed by atoms with Gasteiger partial charge in [-0.3, -0.25) is 4.57 Å². The van der Waals surface area contributed by atoms with Crippen molar-refractivity contribution in [2.24, 2.45) is 5.92 Å². The highest BCUT2D eigenvalue weighted by atomic mass is 32.1. The van der Waals surface area contributed by atoms with Crippen molar-refractivity contribution in [1.82, 2.24) is 4.98 Å². The largest absolute Gasteiger partial charge is 0.462 e. The first-order valence-corrected chi connectivity index (χ1v) is 10.8. The molecule has 5 nitrogen and oxygen atoms in total. The molecule has 7 heteroatoms. The normalized spacial score (nSPS) is 12.2. The summed E-state index contributed by atoms with van der Waals surface area (Å²) >= 11 is 1.69. The molecule has 2 aromatic heterocycles. The van der Waals surface area contributed by atoms with Gasteiger partial charge in [0.25, 0.3) is 0 Å². The molecular weight excluding hydrogens is 345 g/mol. The van der Waals surface area contributed by atoms with Gasteiger partial charge in [-0.15, -0.1) is 11.3 Å². The van der Waals surface area contributed by atoms with E-state index in [2.05, 4.69) is 20.8 Å². The summed E-state index contributed by atoms with van der Waals surface area (Å²) in [4.78, 5) is 5.86. The first kappa shape index (κ1) is 19.4. The molecule has 0 aliphatic heterocycles. The van der Waals surface area contributed by atoms with Crippen LogP contribution in [-0.2, 0) is 26.5 Å². The molecule has 0 fully saturated rings. The highest BCUT2D eigenvalue weighted by molar-refractivity contribution is 7.62. The van der Waals surface area contributed by atoms with E-state index in [9.17, 15) is 4.57 Å². The average Bonchev–Trinajstić information content (AvgIpc) is 3.13. The standard InChI is InChI=1S/C17H26NO4PS/c1-6-15-18-16(14(24-15)11-12(4)5)17-13(9-10-20-17)23(19,21-7-2)22-8-3/h9-10,12H,6-8,11H2,1-5H3. The van der Waals surface area contributed by atoms with Gasteiger partial charge in [-0.05, 0) is 38.7 Å². The first-order valence-electron chi connectivity index (χ1n) is 8.41. The maximum absolute atomic E-state index is 13.2. The third kappa shape index (κ3) is 4.17. The first-order chi connectivity index (χ1) is 11.4. The number of thiazole rings is 1. The Balaban J connectivity index is 2.53. The highest BCUT2D eigenvalue weighted by Gasteiger charge is 2.34. The van der Waals surface area contributed by atoms with Crippen LogP contribution in [0.5, 0.6) is 0 Å². The zero-order valence-electron chi connectivity index (χ0n) is 15.0. The summed E-state index contributed by atoms with van der Waals surface area (Å²) in [6.45, 7) is 10.6. The molecule has 0 amide bonds. The number of furan rings is 1. The number of aromatic nitrogens is 1. The van der Waals surface area contributed by atoms with Crippen LogP contribution in [0.15, 0.2) is 16.7 Å². The molecule has 0 aliphatic rings. The predicted octanol–water partition coefficient (Wildman–Crippen LogP) is 5.06. The zero-order valence-corrected chi connectivity index (χ0v) is 16.7. The molecule has 0 radical (unpaired) electrons. The minimum absolute atomic E-state index is 0.304. The molecule has 0 unspecified atom stereocenters. The minimum Gasteiger partial charge on any atom is -0.462 e. The summed E-state index contributed by atoms with van der Waals surface area (Å²) in [5.74, 6) is 1.00. The Kier molecular flexibility index (Phi) is 6.81. The van der Waals surface area contributed by atoms with Crippen LogP contribution >= 0.6 is 18.9 Å². The van der Waals surface area contributed by atoms with E-state index in [4.69, 9.17) is 18.4 Å². The van der Waals surface area contributed by atoms with E-state index in [0.29, 0.717) is 30.2 Å². The fourth-order valence-electron chi connectivity index (χ4n) is 2.45. The lowest BCUT2D eigenvalue weighted by molar-refractivity contribution is 0.230. The van der Waals surface area contributed by atoms with E-state index in [1.165, 1.54) is 6.26 Å². The van der Waals surface area contributed by atoms with Crippen molar-refractivity contribution < 1.29 is 18.0 Å². The van der Waals surface area contributed by atoms with Crippen LogP contribution < -0.4 is 5.30 Å². The third-order valence-corrected chi connectivity index (χ3v) is 6.75. The van der Waals surface area contributed by atoms with Gasteiger partial charge in [0.15, 0.2) is 5.76 Å². The maximum Gasteiger partial charge on any atom is 0.365 e. The van der Waals surface area contributed by atoms with Crippen molar-refractivity contribution in [2.45, 2.75) is 47.5 Å². The van der Waals surface area contributed by atoms with Crippen molar-refractivity contribution in [1.29, 1.82) is 0 Å². The van der Waals surface area contributed by atoms with Crippen LogP contribution in [0.1, 0.15) is 44.5 Å². The second-order valence-electron chi connectivity index (χ2n) is 5.80. The van der Waals surface area contributed by atoms with Gasteiger partial charge in [0.1, 0.15) is 11.0 Å². The topological polar surface area (TPSA) is 61.6 Å². The van der Waals surface area contributed by atoms with Crippen LogP contribution in [0.25, 0.3) is 11.5 Å². The lowest BCUT2D eigenvalue weighted by atomic mass is 10.1. The van der Waals surface area contributed by atoms with Gasteiger partial charge in [-0.1, -0.05) is 20.8 Å². The fraction of sp³-hybridized carbons (Fsp3) is 0.588. The van der Waals surface area contributed by atoms with Gasteiger partial charge >= 0.3 is 7.60 Å². The van der Waals surface area contributed by atoms with Crippen LogP contribution in [0.3, 0.4) is 0 Å². The van der Waals surface area contributed by atoms with E-state index in [0.717, 1.165) is 28.4 Å². The Morgan fingerprint density at radius 1 is 1.25 bits per heavy atom. The van der Waals surface area contributed by atoms with Gasteiger partial charge in [0.2, 0.25) is 0 Å². The van der Waals surface area contributed by atoms with E-state index < -0.39 is 7.60 Å². The molecule has 0 bridgehead atoms. The van der Waals surface area contributed by atoms with Crippen molar-refractivity contribution in [3.63, 3.8) is 0 Å². The molecular formula is C17H26NO4PS. The van der Waals surface area contributed by atoms with Crippen LogP contribution in [0.2, 0.25) is 0 Å². The Morgan fingerprint density at radius 2 is 1.92 bits per heavy atom. The Labute approximate surface area is 147 Å². The van der Waals surface area contributed by atoms with Crippen molar-refractivity contribution in [3.8, 4) is 11.5 Å². The number of aryl methyl sites for hydroxylation is 1. The lowest BCUT2D eigenvalue weighted by Crippen LogP contribution is -2.11. The monoisotopic (exact) mass is 371 g/mol. The Morgan fingerprint density at radius 3 is 2.46 bits per heavy atom. The van der Waals surface area contributed by atoms with E-state index in [1.54, 1.807) is 31.3 Å². The van der Waals surface area contributed by atoms with E-state index in [-0.39, 0.29) is 0 Å². The Hall–Kier alpha value is -0.940. The molecule has 2 heterocycles. The summed E-state index contributed by atoms with van der Waals surface area (Å²) in [5.41, 5.74) is 0.769. The van der Waals surface area contributed by atoms with Gasteiger partial charge < -0.3 is 13.5 Å². The van der Waals surface area contributed by atoms with Gasteiger partial charge in [-0.25, -0.2) is 4.98 Å². The number of hydrogen-bond donors (Lipinski definition) is 0. The second-order valence-corrected chi connectivity index (χ2v) is 8.96. The van der Waals surface area contributed by atoms with Crippen LogP contribution in [-0.4, -0.2) is 18.2 Å². The summed E-state index contributed by atoms with van der Waals surface area (Å²) in [6.07, 6.45) is 3.29. The van der Waals surface area contributed by atoms with Crippen LogP contribution in [0.4, 0.5) is 0 Å². The molecule has 0 saturated carbocycles. The summed E-state index contributed by atoms with van der Waals surface area (Å²) in [6, 6.07) is 1.67. The smallest absolute Gasteiger partial charge is 0.365 e. The third-order valence-electron chi connectivity index (χ3n) is 3.39. The van der Waals surface area contributed by atoms with Crippen molar-refractivity contribution in [3.05, 3.63) is 22.2 Å². The van der Waals surface area contributed by atoms with Crippen LogP contribution in [0, 0.1) is 5.92 Å². The molecule has 0 aliphatic carbocycles. The summed E-state index contributed by atoms with van der Waals surface area (Å²) in [5, 5.41) is 1.51. The number of nitrogens with zero attached hydrogens (tertiary/aromatic N) is 1. The molecule has 0 atom stereocenters. The molecule has 2 aromatic rings. The number of hydrogen-bond acceptors (Lipinski definition) is 6. The quantitative estimate of drug-likeness (QED) is 0.577. The zero-order chi connectivity index (χ0) is 17.7. The average molecular weight is 371 g/mol. The van der Waals surface area contributed by atoms with E-state index in [1.807, 2.05) is 0 Å². The molecule has 0 N–H and O–H groups in total. The van der Waals surface area contributed by atoms with Crippen molar-refractivity contribution >= 4 is 24.2 Å². The molecule has 0 saturated heterocycles. The fourth-order valence-corrected chi connectivity index (χ4v) is 5.35. The molecule has 134 valence electrons. The SMILES string of the molecule is CCOP(=O)(OCC)c1ccoc1-c1nc(CC)sc1CC(C)C. The highest BCUT2D eigenvalue weighted by Crippen LogP contribution is 2.50. The number of rotatable bonds is 9. The van der Waals surface area contributed by atoms with Crippen molar-refractivity contribution in [2.75, 3.05) is 13.2 Å². The minimum atomic E-state index is -3.41. The lowest BCUT2D eigenvalue weighted by Gasteiger charge is -2.16. The second kappa shape index (κ2) is 8.43.